The van der Waals surface area contributed by atoms with Gasteiger partial charge in [-0.3, -0.25) is 4.68 Å². The van der Waals surface area contributed by atoms with Gasteiger partial charge in [0.15, 0.2) is 0 Å². The Balaban J connectivity index is 1.61. The number of aromatic nitrogens is 4. The van der Waals surface area contributed by atoms with E-state index < -0.39 is 10.0 Å². The molecule has 0 unspecified atom stereocenters. The molecule has 1 saturated carbocycles. The zero-order valence-corrected chi connectivity index (χ0v) is 18.8. The summed E-state index contributed by atoms with van der Waals surface area (Å²) >= 11 is 0. The average molecular weight is 422 g/mol. The molecule has 2 heterocycles. The second-order valence-electron chi connectivity index (χ2n) is 7.99. The van der Waals surface area contributed by atoms with Crippen LogP contribution >= 0.6 is 0 Å². The van der Waals surface area contributed by atoms with E-state index in [1.54, 1.807) is 25.6 Å². The van der Waals surface area contributed by atoms with E-state index in [4.69, 9.17) is 0 Å². The molecule has 2 N–H and O–H groups in total. The topological polar surface area (TPSA) is 105 Å². The standard InChI is InChI=1S/C19H31N7O2S/c1-12-19(13(2)26(6)23-12)29(27,28)24-16-9-7-15(8-10-16)22-17-11-18(25(4)5)21-14(3)20-17/h11,15-16,24H,7-10H2,1-6H3,(H,20,21,22). The predicted molar refractivity (Wildman–Crippen MR) is 114 cm³/mol. The number of nitrogens with zero attached hydrogens (tertiary/aromatic N) is 5. The highest BCUT2D eigenvalue weighted by Gasteiger charge is 2.29. The Labute approximate surface area is 173 Å². The van der Waals surface area contributed by atoms with Crippen molar-refractivity contribution in [3.63, 3.8) is 0 Å². The van der Waals surface area contributed by atoms with E-state index in [2.05, 4.69) is 25.1 Å². The molecule has 0 atom stereocenters. The van der Waals surface area contributed by atoms with Gasteiger partial charge in [-0.2, -0.15) is 5.10 Å². The minimum absolute atomic E-state index is 0.0680. The Hall–Kier alpha value is -2.20. The van der Waals surface area contributed by atoms with Gasteiger partial charge in [-0.05, 0) is 46.5 Å². The lowest BCUT2D eigenvalue weighted by Gasteiger charge is -2.30. The first kappa shape index (κ1) is 21.5. The summed E-state index contributed by atoms with van der Waals surface area (Å²) in [5, 5.41) is 7.71. The molecule has 2 aromatic rings. The van der Waals surface area contributed by atoms with Crippen LogP contribution in [-0.4, -0.2) is 54.3 Å². The smallest absolute Gasteiger partial charge is 0.244 e. The minimum Gasteiger partial charge on any atom is -0.367 e. The van der Waals surface area contributed by atoms with Crippen LogP contribution in [0.1, 0.15) is 42.9 Å². The van der Waals surface area contributed by atoms with Gasteiger partial charge < -0.3 is 10.2 Å². The normalized spacial score (nSPS) is 19.9. The fourth-order valence-electron chi connectivity index (χ4n) is 3.84. The number of aryl methyl sites for hydroxylation is 3. The summed E-state index contributed by atoms with van der Waals surface area (Å²) in [6.45, 7) is 5.39. The summed E-state index contributed by atoms with van der Waals surface area (Å²) < 4.78 is 30.2. The maximum Gasteiger partial charge on any atom is 0.244 e. The minimum atomic E-state index is -3.58. The van der Waals surface area contributed by atoms with Gasteiger partial charge in [0, 0.05) is 39.3 Å². The highest BCUT2D eigenvalue weighted by molar-refractivity contribution is 7.89. The molecule has 0 aliphatic heterocycles. The molecule has 0 radical (unpaired) electrons. The fraction of sp³-hybridized carbons (Fsp3) is 0.632. The molecule has 9 nitrogen and oxygen atoms in total. The lowest BCUT2D eigenvalue weighted by atomic mass is 9.92. The van der Waals surface area contributed by atoms with Crippen LogP contribution in [0.25, 0.3) is 0 Å². The second-order valence-corrected chi connectivity index (χ2v) is 9.64. The first-order valence-corrected chi connectivity index (χ1v) is 11.4. The molecular formula is C19H31N7O2S. The predicted octanol–water partition coefficient (Wildman–Crippen LogP) is 1.90. The molecule has 0 aromatic carbocycles. The highest BCUT2D eigenvalue weighted by Crippen LogP contribution is 2.25. The molecule has 160 valence electrons. The third kappa shape index (κ3) is 4.87. The van der Waals surface area contributed by atoms with Crippen molar-refractivity contribution in [2.45, 2.75) is 63.4 Å². The summed E-state index contributed by atoms with van der Waals surface area (Å²) in [4.78, 5) is 11.1. The van der Waals surface area contributed by atoms with Gasteiger partial charge in [-0.1, -0.05) is 0 Å². The molecular weight excluding hydrogens is 390 g/mol. The van der Waals surface area contributed by atoms with Crippen molar-refractivity contribution in [1.82, 2.24) is 24.5 Å². The zero-order valence-electron chi connectivity index (χ0n) is 18.0. The van der Waals surface area contributed by atoms with E-state index in [0.717, 1.165) is 43.1 Å². The average Bonchev–Trinajstić information content (AvgIpc) is 2.88. The molecule has 3 rings (SSSR count). The molecule has 0 spiro atoms. The Morgan fingerprint density at radius 2 is 1.69 bits per heavy atom. The van der Waals surface area contributed by atoms with Crippen LogP contribution in [0.2, 0.25) is 0 Å². The van der Waals surface area contributed by atoms with E-state index in [9.17, 15) is 8.42 Å². The number of nitrogens with one attached hydrogen (secondary N) is 2. The van der Waals surface area contributed by atoms with E-state index in [1.807, 2.05) is 32.0 Å². The fourth-order valence-corrected chi connectivity index (χ4v) is 5.58. The van der Waals surface area contributed by atoms with Gasteiger partial charge in [-0.25, -0.2) is 23.1 Å². The van der Waals surface area contributed by atoms with Gasteiger partial charge in [0.1, 0.15) is 22.4 Å². The van der Waals surface area contributed by atoms with Crippen LogP contribution in [0.5, 0.6) is 0 Å². The van der Waals surface area contributed by atoms with Gasteiger partial charge in [-0.15, -0.1) is 0 Å². The van der Waals surface area contributed by atoms with Gasteiger partial charge in [0.2, 0.25) is 10.0 Å². The monoisotopic (exact) mass is 421 g/mol. The first-order chi connectivity index (χ1) is 13.6. The SMILES string of the molecule is Cc1nc(NC2CCC(NS(=O)(=O)c3c(C)nn(C)c3C)CC2)cc(N(C)C)n1. The Bertz CT molecular complexity index is 977. The Kier molecular flexibility index (Phi) is 6.13. The quantitative estimate of drug-likeness (QED) is 0.734. The third-order valence-electron chi connectivity index (χ3n) is 5.39. The van der Waals surface area contributed by atoms with Crippen LogP contribution in [0.3, 0.4) is 0 Å². The van der Waals surface area contributed by atoms with Crippen molar-refractivity contribution in [2.24, 2.45) is 7.05 Å². The molecule has 1 fully saturated rings. The van der Waals surface area contributed by atoms with Crippen LogP contribution in [0, 0.1) is 20.8 Å². The Morgan fingerprint density at radius 1 is 1.07 bits per heavy atom. The summed E-state index contributed by atoms with van der Waals surface area (Å²) in [5.74, 6) is 2.40. The zero-order chi connectivity index (χ0) is 21.3. The maximum absolute atomic E-state index is 12.9. The molecule has 0 amide bonds. The first-order valence-electron chi connectivity index (χ1n) is 9.89. The van der Waals surface area contributed by atoms with E-state index >= 15 is 0 Å². The molecule has 2 aromatic heterocycles. The van der Waals surface area contributed by atoms with Crippen molar-refractivity contribution >= 4 is 21.7 Å². The summed E-state index contributed by atoms with van der Waals surface area (Å²) in [7, 11) is 2.09. The lowest BCUT2D eigenvalue weighted by Crippen LogP contribution is -2.40. The Morgan fingerprint density at radius 3 is 2.24 bits per heavy atom. The van der Waals surface area contributed by atoms with Crippen LogP contribution < -0.4 is 14.9 Å². The van der Waals surface area contributed by atoms with Gasteiger partial charge >= 0.3 is 0 Å². The molecule has 1 aliphatic rings. The van der Waals surface area contributed by atoms with Crippen molar-refractivity contribution in [1.29, 1.82) is 0 Å². The van der Waals surface area contributed by atoms with E-state index in [1.165, 1.54) is 0 Å². The van der Waals surface area contributed by atoms with Crippen molar-refractivity contribution in [3.05, 3.63) is 23.3 Å². The van der Waals surface area contributed by atoms with Crippen LogP contribution in [0.4, 0.5) is 11.6 Å². The summed E-state index contributed by atoms with van der Waals surface area (Å²) in [6, 6.07) is 2.14. The number of sulfonamides is 1. The van der Waals surface area contributed by atoms with Gasteiger partial charge in [0.25, 0.3) is 0 Å². The maximum atomic E-state index is 12.9. The summed E-state index contributed by atoms with van der Waals surface area (Å²) in [5.41, 5.74) is 1.19. The van der Waals surface area contributed by atoms with Crippen molar-refractivity contribution in [3.8, 4) is 0 Å². The number of rotatable bonds is 6. The number of anilines is 2. The molecule has 0 saturated heterocycles. The lowest BCUT2D eigenvalue weighted by molar-refractivity contribution is 0.386. The van der Waals surface area contributed by atoms with Crippen molar-refractivity contribution in [2.75, 3.05) is 24.3 Å². The summed E-state index contributed by atoms with van der Waals surface area (Å²) in [6.07, 6.45) is 3.30. The third-order valence-corrected chi connectivity index (χ3v) is 7.17. The van der Waals surface area contributed by atoms with E-state index in [-0.39, 0.29) is 12.1 Å². The largest absolute Gasteiger partial charge is 0.367 e. The number of hydrogen-bond donors (Lipinski definition) is 2. The van der Waals surface area contributed by atoms with Crippen molar-refractivity contribution < 1.29 is 8.42 Å². The van der Waals surface area contributed by atoms with Crippen LogP contribution in [-0.2, 0) is 17.1 Å². The molecule has 10 heteroatoms. The molecule has 29 heavy (non-hydrogen) atoms. The molecule has 0 bridgehead atoms. The van der Waals surface area contributed by atoms with Gasteiger partial charge in [0.05, 0.1) is 11.4 Å². The van der Waals surface area contributed by atoms with E-state index in [0.29, 0.717) is 16.3 Å². The molecule has 1 aliphatic carbocycles. The highest BCUT2D eigenvalue weighted by atomic mass is 32.2. The van der Waals surface area contributed by atoms with Crippen LogP contribution in [0.15, 0.2) is 11.0 Å². The number of hydrogen-bond acceptors (Lipinski definition) is 7. The second kappa shape index (κ2) is 8.27.